The number of halogens is 1. The maximum Gasteiger partial charge on any atom is 0.0395 e. The van der Waals surface area contributed by atoms with E-state index in [1.165, 1.54) is 55.2 Å². The van der Waals surface area contributed by atoms with Gasteiger partial charge in [-0.1, -0.05) is 73.2 Å². The molecule has 0 aliphatic carbocycles. The second-order valence-electron chi connectivity index (χ2n) is 5.01. The van der Waals surface area contributed by atoms with Gasteiger partial charge in [0.05, 0.1) is 0 Å². The first-order valence-electron chi connectivity index (χ1n) is 6.86. The third-order valence-electron chi connectivity index (χ3n) is 3.45. The maximum atomic E-state index is 3.81. The van der Waals surface area contributed by atoms with Crippen LogP contribution in [0.3, 0.4) is 0 Å². The van der Waals surface area contributed by atoms with E-state index >= 15 is 0 Å². The van der Waals surface area contributed by atoms with Crippen LogP contribution in [-0.2, 0) is 0 Å². The van der Waals surface area contributed by atoms with E-state index in [-0.39, 0.29) is 0 Å². The zero-order valence-electron chi connectivity index (χ0n) is 11.4. The minimum atomic E-state index is 0.531. The third-order valence-corrected chi connectivity index (χ3v) is 4.44. The van der Waals surface area contributed by atoms with Crippen LogP contribution in [-0.4, -0.2) is 0 Å². The molecule has 0 aliphatic heterocycles. The van der Waals surface area contributed by atoms with Crippen molar-refractivity contribution in [3.63, 3.8) is 0 Å². The van der Waals surface area contributed by atoms with Crippen molar-refractivity contribution in [1.29, 1.82) is 0 Å². The predicted octanol–water partition coefficient (Wildman–Crippen LogP) is 6.10. The molecule has 0 fully saturated rings. The number of unbranched alkanes of at least 4 members (excludes halogenated alkanes) is 4. The number of aryl methyl sites for hydroxylation is 2. The second-order valence-corrected chi connectivity index (χ2v) is 6.12. The van der Waals surface area contributed by atoms with E-state index in [4.69, 9.17) is 0 Å². The summed E-state index contributed by atoms with van der Waals surface area (Å²) in [5.74, 6) is 0. The van der Waals surface area contributed by atoms with Gasteiger partial charge in [-0.3, -0.25) is 0 Å². The lowest BCUT2D eigenvalue weighted by atomic mass is 10.0. The quantitative estimate of drug-likeness (QED) is 0.421. The average Bonchev–Trinajstić information content (AvgIpc) is 2.32. The van der Waals surface area contributed by atoms with Gasteiger partial charge in [-0.25, -0.2) is 0 Å². The summed E-state index contributed by atoms with van der Waals surface area (Å²) in [6, 6.07) is 6.81. The van der Waals surface area contributed by atoms with Gasteiger partial charge < -0.3 is 0 Å². The summed E-state index contributed by atoms with van der Waals surface area (Å²) in [7, 11) is 0. The highest BCUT2D eigenvalue weighted by atomic mass is 79.9. The molecule has 1 rings (SSSR count). The molecule has 0 heterocycles. The van der Waals surface area contributed by atoms with Crippen LogP contribution in [0.15, 0.2) is 18.2 Å². The van der Waals surface area contributed by atoms with Crippen LogP contribution < -0.4 is 0 Å². The Labute approximate surface area is 115 Å². The summed E-state index contributed by atoms with van der Waals surface area (Å²) in [5.41, 5.74) is 4.22. The Hall–Kier alpha value is -0.300. The van der Waals surface area contributed by atoms with Gasteiger partial charge in [0.25, 0.3) is 0 Å². The minimum absolute atomic E-state index is 0.531. The Bertz CT molecular complexity index is 330. The van der Waals surface area contributed by atoms with Crippen LogP contribution in [0.1, 0.15) is 67.0 Å². The fourth-order valence-corrected chi connectivity index (χ4v) is 2.66. The Kier molecular flexibility index (Phi) is 6.87. The second kappa shape index (κ2) is 7.92. The Morgan fingerprint density at radius 1 is 1.00 bits per heavy atom. The largest absolute Gasteiger partial charge is 0.0839 e. The standard InChI is InChI=1S/C16H25Br/c1-4-5-6-7-8-9-16(17)15-11-10-13(2)14(3)12-15/h10-12,16H,4-9H2,1-3H3. The van der Waals surface area contributed by atoms with Crippen LogP contribution in [0.4, 0.5) is 0 Å². The molecular weight excluding hydrogens is 272 g/mol. The van der Waals surface area contributed by atoms with E-state index in [0.29, 0.717) is 4.83 Å². The van der Waals surface area contributed by atoms with Crippen LogP contribution in [0.5, 0.6) is 0 Å². The van der Waals surface area contributed by atoms with Crippen molar-refractivity contribution in [3.05, 3.63) is 34.9 Å². The lowest BCUT2D eigenvalue weighted by molar-refractivity contribution is 0.606. The average molecular weight is 297 g/mol. The van der Waals surface area contributed by atoms with Gasteiger partial charge in [-0.15, -0.1) is 0 Å². The van der Waals surface area contributed by atoms with Crippen molar-refractivity contribution in [3.8, 4) is 0 Å². The van der Waals surface area contributed by atoms with E-state index in [1.54, 1.807) is 0 Å². The predicted molar refractivity (Wildman–Crippen MR) is 81.0 cm³/mol. The molecule has 96 valence electrons. The first kappa shape index (κ1) is 14.8. The van der Waals surface area contributed by atoms with E-state index < -0.39 is 0 Å². The molecule has 0 saturated carbocycles. The number of hydrogen-bond donors (Lipinski definition) is 0. The summed E-state index contributed by atoms with van der Waals surface area (Å²) >= 11 is 3.81. The molecular formula is C16H25Br. The summed E-state index contributed by atoms with van der Waals surface area (Å²) in [6.45, 7) is 6.63. The third kappa shape index (κ3) is 5.25. The molecule has 1 aromatic carbocycles. The zero-order valence-corrected chi connectivity index (χ0v) is 13.0. The molecule has 0 amide bonds. The van der Waals surface area contributed by atoms with Crippen molar-refractivity contribution in [2.75, 3.05) is 0 Å². The maximum absolute atomic E-state index is 3.81. The van der Waals surface area contributed by atoms with E-state index in [0.717, 1.165) is 0 Å². The summed E-state index contributed by atoms with van der Waals surface area (Å²) in [4.78, 5) is 0.531. The minimum Gasteiger partial charge on any atom is -0.0839 e. The van der Waals surface area contributed by atoms with Crippen molar-refractivity contribution in [2.24, 2.45) is 0 Å². The Morgan fingerprint density at radius 3 is 2.35 bits per heavy atom. The number of rotatable bonds is 7. The first-order chi connectivity index (χ1) is 8.15. The number of hydrogen-bond acceptors (Lipinski definition) is 0. The molecule has 0 saturated heterocycles. The van der Waals surface area contributed by atoms with Gasteiger partial charge in [0.2, 0.25) is 0 Å². The smallest absolute Gasteiger partial charge is 0.0395 e. The zero-order chi connectivity index (χ0) is 12.7. The van der Waals surface area contributed by atoms with E-state index in [9.17, 15) is 0 Å². The fourth-order valence-electron chi connectivity index (χ4n) is 2.05. The van der Waals surface area contributed by atoms with E-state index in [1.807, 2.05) is 0 Å². The molecule has 0 nitrogen and oxygen atoms in total. The van der Waals surface area contributed by atoms with Crippen LogP contribution in [0, 0.1) is 13.8 Å². The van der Waals surface area contributed by atoms with Crippen LogP contribution in [0.2, 0.25) is 0 Å². The lowest BCUT2D eigenvalue weighted by Crippen LogP contribution is -1.92. The molecule has 0 N–H and O–H groups in total. The van der Waals surface area contributed by atoms with Crippen LogP contribution >= 0.6 is 15.9 Å². The number of alkyl halides is 1. The molecule has 0 aliphatic rings. The molecule has 1 unspecified atom stereocenters. The van der Waals surface area contributed by atoms with Gasteiger partial charge in [0.1, 0.15) is 0 Å². The van der Waals surface area contributed by atoms with Crippen molar-refractivity contribution >= 4 is 15.9 Å². The van der Waals surface area contributed by atoms with Gasteiger partial charge in [-0.2, -0.15) is 0 Å². The monoisotopic (exact) mass is 296 g/mol. The SMILES string of the molecule is CCCCCCCC(Br)c1ccc(C)c(C)c1. The van der Waals surface area contributed by atoms with Crippen LogP contribution in [0.25, 0.3) is 0 Å². The van der Waals surface area contributed by atoms with E-state index in [2.05, 4.69) is 54.9 Å². The van der Waals surface area contributed by atoms with Crippen molar-refractivity contribution < 1.29 is 0 Å². The molecule has 0 radical (unpaired) electrons. The topological polar surface area (TPSA) is 0 Å². The molecule has 1 aromatic rings. The van der Waals surface area contributed by atoms with Crippen molar-refractivity contribution in [1.82, 2.24) is 0 Å². The number of benzene rings is 1. The first-order valence-corrected chi connectivity index (χ1v) is 7.78. The summed E-state index contributed by atoms with van der Waals surface area (Å²) in [6.07, 6.45) is 8.07. The normalized spacial score (nSPS) is 12.7. The lowest BCUT2D eigenvalue weighted by Gasteiger charge is -2.12. The van der Waals surface area contributed by atoms with Gasteiger partial charge in [-0.05, 0) is 37.0 Å². The summed E-state index contributed by atoms with van der Waals surface area (Å²) in [5, 5.41) is 0. The van der Waals surface area contributed by atoms with Gasteiger partial charge in [0.15, 0.2) is 0 Å². The van der Waals surface area contributed by atoms with Gasteiger partial charge >= 0.3 is 0 Å². The molecule has 1 heteroatoms. The Balaban J connectivity index is 2.36. The molecule has 0 aromatic heterocycles. The molecule has 17 heavy (non-hydrogen) atoms. The highest BCUT2D eigenvalue weighted by Crippen LogP contribution is 2.29. The van der Waals surface area contributed by atoms with Gasteiger partial charge in [0, 0.05) is 4.83 Å². The Morgan fingerprint density at radius 2 is 1.71 bits per heavy atom. The van der Waals surface area contributed by atoms with Crippen molar-refractivity contribution in [2.45, 2.75) is 64.1 Å². The fraction of sp³-hybridized carbons (Fsp3) is 0.625. The molecule has 1 atom stereocenters. The summed E-state index contributed by atoms with van der Waals surface area (Å²) < 4.78 is 0. The highest BCUT2D eigenvalue weighted by Gasteiger charge is 2.07. The molecule has 0 spiro atoms. The molecule has 0 bridgehead atoms. The highest BCUT2D eigenvalue weighted by molar-refractivity contribution is 9.09.